The summed E-state index contributed by atoms with van der Waals surface area (Å²) >= 11 is 1.47. The molecule has 1 aliphatic rings. The number of phenols is 1. The Bertz CT molecular complexity index is 1900. The van der Waals surface area contributed by atoms with Crippen LogP contribution in [-0.2, 0) is 32.2 Å². The van der Waals surface area contributed by atoms with Crippen LogP contribution in [0.1, 0.15) is 60.3 Å². The number of tetrazole rings is 1. The molecule has 0 aliphatic carbocycles. The van der Waals surface area contributed by atoms with Gasteiger partial charge in [0.15, 0.2) is 6.29 Å². The molecule has 3 atom stereocenters. The van der Waals surface area contributed by atoms with E-state index in [1.165, 1.54) is 11.8 Å². The Morgan fingerprint density at radius 3 is 2.40 bits per heavy atom. The summed E-state index contributed by atoms with van der Waals surface area (Å²) in [6, 6.07) is 30.3. The minimum atomic E-state index is -0.914. The topological polar surface area (TPSA) is 169 Å². The predicted molar refractivity (Wildman–Crippen MR) is 185 cm³/mol. The van der Waals surface area contributed by atoms with E-state index in [2.05, 4.69) is 20.8 Å². The number of thioether (sulfide) groups is 1. The van der Waals surface area contributed by atoms with Gasteiger partial charge in [-0.2, -0.15) is 4.68 Å². The van der Waals surface area contributed by atoms with E-state index in [0.717, 1.165) is 39.1 Å². The van der Waals surface area contributed by atoms with Crippen LogP contribution in [0, 0.1) is 0 Å². The number of hydrogen-bond acceptors (Lipinski definition) is 10. The maximum Gasteiger partial charge on any atom is 0.303 e. The number of carbonyl (C=O) groups is 2. The number of amides is 1. The zero-order valence-electron chi connectivity index (χ0n) is 27.1. The van der Waals surface area contributed by atoms with E-state index < -0.39 is 12.3 Å². The first-order chi connectivity index (χ1) is 24.3. The van der Waals surface area contributed by atoms with Crippen molar-refractivity contribution in [2.45, 2.75) is 62.5 Å². The summed E-state index contributed by atoms with van der Waals surface area (Å²) in [6.45, 7) is 0.292. The molecule has 12 nitrogen and oxygen atoms in total. The molecule has 1 saturated heterocycles. The highest BCUT2D eigenvalue weighted by Gasteiger charge is 2.33. The van der Waals surface area contributed by atoms with Crippen molar-refractivity contribution in [1.29, 1.82) is 0 Å². The molecule has 6 rings (SSSR count). The average molecular weight is 696 g/mol. The van der Waals surface area contributed by atoms with Crippen molar-refractivity contribution in [2.75, 3.05) is 5.75 Å². The maximum atomic E-state index is 12.2. The summed E-state index contributed by atoms with van der Waals surface area (Å²) < 4.78 is 14.8. The fraction of sp³-hybridized carbons (Fsp3) is 0.270. The Hall–Kier alpha value is -5.08. The third kappa shape index (κ3) is 9.12. The van der Waals surface area contributed by atoms with Gasteiger partial charge < -0.3 is 30.1 Å². The number of aromatic nitrogens is 4. The first-order valence-corrected chi connectivity index (χ1v) is 17.2. The van der Waals surface area contributed by atoms with Crippen LogP contribution in [0.15, 0.2) is 102 Å². The minimum absolute atomic E-state index is 0.0364. The van der Waals surface area contributed by atoms with Crippen molar-refractivity contribution >= 4 is 23.6 Å². The number of rotatable bonds is 14. The second-order valence-electron chi connectivity index (χ2n) is 11.9. The minimum Gasteiger partial charge on any atom is -0.508 e. The van der Waals surface area contributed by atoms with Gasteiger partial charge in [0, 0.05) is 37.1 Å². The lowest BCUT2D eigenvalue weighted by Gasteiger charge is -2.36. The van der Waals surface area contributed by atoms with Crippen LogP contribution < -0.4 is 5.32 Å². The summed E-state index contributed by atoms with van der Waals surface area (Å²) in [5.74, 6) is -0.394. The van der Waals surface area contributed by atoms with E-state index in [1.54, 1.807) is 28.9 Å². The van der Waals surface area contributed by atoms with Crippen molar-refractivity contribution in [3.63, 3.8) is 0 Å². The Morgan fingerprint density at radius 2 is 1.64 bits per heavy atom. The van der Waals surface area contributed by atoms with Gasteiger partial charge in [-0.1, -0.05) is 72.4 Å². The molecule has 1 aliphatic heterocycles. The first kappa shape index (κ1) is 34.8. The zero-order valence-corrected chi connectivity index (χ0v) is 27.9. The monoisotopic (exact) mass is 695 g/mol. The number of nitrogens with zero attached hydrogens (tertiary/aromatic N) is 4. The standard InChI is InChI=1S/C37H37N5O7S/c43-22-24-10-12-26(13-11-24)33-20-32(23-50-37-39-40-41-42(37)30-14-16-31(44)17-15-30)48-36(49-33)29-7-2-6-28(19-29)27-5-1-4-25(18-27)21-38-34(45)8-3-9-35(46)47/h1-2,4-7,10-19,32-33,36,43-44H,3,8-9,20-23H2,(H,38,45)(H,46,47). The van der Waals surface area contributed by atoms with E-state index in [1.807, 2.05) is 72.8 Å². The quantitative estimate of drug-likeness (QED) is 0.105. The highest BCUT2D eigenvalue weighted by molar-refractivity contribution is 7.99. The molecule has 2 heterocycles. The van der Waals surface area contributed by atoms with Gasteiger partial charge in [-0.05, 0) is 81.1 Å². The Balaban J connectivity index is 1.18. The second kappa shape index (κ2) is 16.5. The van der Waals surface area contributed by atoms with Gasteiger partial charge in [0.1, 0.15) is 5.75 Å². The first-order valence-electron chi connectivity index (χ1n) is 16.2. The summed E-state index contributed by atoms with van der Waals surface area (Å²) in [4.78, 5) is 22.9. The molecule has 1 aromatic heterocycles. The van der Waals surface area contributed by atoms with Gasteiger partial charge in [-0.15, -0.1) is 5.10 Å². The Labute approximate surface area is 293 Å². The van der Waals surface area contributed by atoms with Gasteiger partial charge in [-0.3, -0.25) is 9.59 Å². The van der Waals surface area contributed by atoms with E-state index >= 15 is 0 Å². The van der Waals surface area contributed by atoms with Crippen molar-refractivity contribution in [1.82, 2.24) is 25.5 Å². The molecule has 0 bridgehead atoms. The van der Waals surface area contributed by atoms with Crippen molar-refractivity contribution < 1.29 is 34.4 Å². The lowest BCUT2D eigenvalue weighted by atomic mass is 9.99. The summed E-state index contributed by atoms with van der Waals surface area (Å²) in [6.07, 6.45) is -0.150. The third-order valence-electron chi connectivity index (χ3n) is 8.25. The molecular formula is C37H37N5O7S. The molecule has 0 saturated carbocycles. The van der Waals surface area contributed by atoms with Crippen molar-refractivity contribution in [3.05, 3.63) is 119 Å². The molecule has 50 heavy (non-hydrogen) atoms. The third-order valence-corrected chi connectivity index (χ3v) is 9.30. The van der Waals surface area contributed by atoms with E-state index in [9.17, 15) is 19.8 Å². The molecule has 0 radical (unpaired) electrons. The Kier molecular flexibility index (Phi) is 11.5. The van der Waals surface area contributed by atoms with Crippen molar-refractivity contribution in [3.8, 4) is 22.6 Å². The second-order valence-corrected chi connectivity index (χ2v) is 12.9. The highest BCUT2D eigenvalue weighted by atomic mass is 32.2. The van der Waals surface area contributed by atoms with Gasteiger partial charge in [0.25, 0.3) is 0 Å². The molecule has 1 amide bonds. The van der Waals surface area contributed by atoms with Crippen LogP contribution in [0.25, 0.3) is 16.8 Å². The summed E-state index contributed by atoms with van der Waals surface area (Å²) in [7, 11) is 0. The number of benzene rings is 4. The van der Waals surface area contributed by atoms with E-state index in [0.29, 0.717) is 30.3 Å². The number of carboxylic acids is 1. The van der Waals surface area contributed by atoms with E-state index in [-0.39, 0.29) is 43.3 Å². The fourth-order valence-electron chi connectivity index (χ4n) is 5.63. The van der Waals surface area contributed by atoms with Crippen LogP contribution in [0.5, 0.6) is 5.75 Å². The smallest absolute Gasteiger partial charge is 0.303 e. The SMILES string of the molecule is O=C(O)CCCC(=O)NCc1cccc(-c2cccc(C3OC(CSc4nnnn4-c4ccc(O)cc4)CC(c4ccc(CO)cc4)O3)c2)c1. The summed E-state index contributed by atoms with van der Waals surface area (Å²) in [5, 5.41) is 43.7. The molecule has 3 unspecified atom stereocenters. The number of carboxylic acid groups (broad SMARTS) is 1. The number of phenolic OH excluding ortho intramolecular Hbond substituents is 1. The van der Waals surface area contributed by atoms with Crippen LogP contribution in [0.2, 0.25) is 0 Å². The van der Waals surface area contributed by atoms with Crippen LogP contribution in [0.4, 0.5) is 0 Å². The van der Waals surface area contributed by atoms with E-state index in [4.69, 9.17) is 14.6 Å². The lowest BCUT2D eigenvalue weighted by Crippen LogP contribution is -2.31. The molecule has 258 valence electrons. The molecule has 4 aromatic carbocycles. The molecule has 1 fully saturated rings. The van der Waals surface area contributed by atoms with Gasteiger partial charge in [0.05, 0.1) is 24.5 Å². The van der Waals surface area contributed by atoms with Gasteiger partial charge in [0.2, 0.25) is 11.1 Å². The van der Waals surface area contributed by atoms with Crippen LogP contribution in [-0.4, -0.2) is 59.3 Å². The molecule has 13 heteroatoms. The number of ether oxygens (including phenoxy) is 2. The number of aromatic hydroxyl groups is 1. The largest absolute Gasteiger partial charge is 0.508 e. The normalized spacial score (nSPS) is 17.3. The zero-order chi connectivity index (χ0) is 34.9. The van der Waals surface area contributed by atoms with Crippen LogP contribution >= 0.6 is 11.8 Å². The highest BCUT2D eigenvalue weighted by Crippen LogP contribution is 2.40. The number of nitrogens with one attached hydrogen (secondary N) is 1. The molecule has 4 N–H and O–H groups in total. The number of aliphatic hydroxyl groups is 1. The number of carbonyl (C=O) groups excluding carboxylic acids is 1. The summed E-state index contributed by atoms with van der Waals surface area (Å²) in [5.41, 5.74) is 6.21. The van der Waals surface area contributed by atoms with Crippen molar-refractivity contribution in [2.24, 2.45) is 0 Å². The number of aliphatic hydroxyl groups excluding tert-OH is 1. The number of aliphatic carboxylic acids is 1. The lowest BCUT2D eigenvalue weighted by molar-refractivity contribution is -0.245. The average Bonchev–Trinajstić information content (AvgIpc) is 3.62. The van der Waals surface area contributed by atoms with Gasteiger partial charge in [-0.25, -0.2) is 0 Å². The number of hydrogen-bond donors (Lipinski definition) is 4. The van der Waals surface area contributed by atoms with Crippen LogP contribution in [0.3, 0.4) is 0 Å². The molecule has 5 aromatic rings. The fourth-order valence-corrected chi connectivity index (χ4v) is 6.54. The Morgan fingerprint density at radius 1 is 0.880 bits per heavy atom. The molecular weight excluding hydrogens is 659 g/mol. The molecule has 0 spiro atoms. The van der Waals surface area contributed by atoms with Gasteiger partial charge >= 0.3 is 5.97 Å². The maximum absolute atomic E-state index is 12.2. The predicted octanol–water partition coefficient (Wildman–Crippen LogP) is 5.74.